The zero-order valence-electron chi connectivity index (χ0n) is 7.62. The van der Waals surface area contributed by atoms with Gasteiger partial charge in [-0.05, 0) is 18.6 Å². The molecule has 1 nitrogen and oxygen atoms in total. The fraction of sp³-hybridized carbons (Fsp3) is 0.400. The molecule has 0 spiro atoms. The molecule has 0 aliphatic rings. The molecular weight excluding hydrogens is 167 g/mol. The molecule has 1 aromatic carbocycles. The molecule has 12 heavy (non-hydrogen) atoms. The van der Waals surface area contributed by atoms with Crippen LogP contribution < -0.4 is 4.74 Å². The lowest BCUT2D eigenvalue weighted by molar-refractivity contribution is 0.309. The highest BCUT2D eigenvalue weighted by Gasteiger charge is 1.88. The second-order valence-electron chi connectivity index (χ2n) is 2.52. The summed E-state index contributed by atoms with van der Waals surface area (Å²) < 4.78 is 5.45. The normalized spacial score (nSPS) is 8.75. The number of rotatable bonds is 4. The molecule has 1 atom stereocenters. The first kappa shape index (κ1) is 11.4. The highest BCUT2D eigenvalue weighted by Crippen LogP contribution is 2.08. The van der Waals surface area contributed by atoms with Gasteiger partial charge in [-0.15, -0.1) is 0 Å². The van der Waals surface area contributed by atoms with E-state index in [1.807, 2.05) is 30.3 Å². The van der Waals surface area contributed by atoms with E-state index in [2.05, 4.69) is 6.92 Å². The van der Waals surface area contributed by atoms with E-state index in [1.165, 1.54) is 6.42 Å². The SMILES string of the molecule is CCCCOc1ccccc1.P. The summed E-state index contributed by atoms with van der Waals surface area (Å²) in [5.41, 5.74) is 0. The standard InChI is InChI=1S/C10H14O.H3P/c1-2-3-9-11-10-7-5-4-6-8-10;/h4-8H,2-3,9H2,1H3;1H3. The average Bonchev–Trinajstić information content (AvgIpc) is 2.07. The Hall–Kier alpha value is -0.550. The Bertz CT molecular complexity index is 186. The van der Waals surface area contributed by atoms with Gasteiger partial charge in [-0.25, -0.2) is 0 Å². The molecule has 1 aromatic rings. The van der Waals surface area contributed by atoms with Crippen LogP contribution in [-0.4, -0.2) is 6.61 Å². The summed E-state index contributed by atoms with van der Waals surface area (Å²) in [5, 5.41) is 0. The molecule has 0 saturated carbocycles. The molecule has 0 heterocycles. The van der Waals surface area contributed by atoms with Gasteiger partial charge in [0, 0.05) is 0 Å². The van der Waals surface area contributed by atoms with E-state index in [1.54, 1.807) is 0 Å². The minimum absolute atomic E-state index is 0. The Morgan fingerprint density at radius 2 is 1.83 bits per heavy atom. The lowest BCUT2D eigenvalue weighted by Gasteiger charge is -2.03. The number of hydrogen-bond acceptors (Lipinski definition) is 1. The molecule has 0 radical (unpaired) electrons. The van der Waals surface area contributed by atoms with Crippen molar-refractivity contribution < 1.29 is 4.74 Å². The highest BCUT2D eigenvalue weighted by atomic mass is 31.0. The quantitative estimate of drug-likeness (QED) is 0.516. The minimum Gasteiger partial charge on any atom is -0.494 e. The maximum Gasteiger partial charge on any atom is 0.119 e. The lowest BCUT2D eigenvalue weighted by Crippen LogP contribution is -1.95. The first-order valence-corrected chi connectivity index (χ1v) is 4.11. The van der Waals surface area contributed by atoms with E-state index in [9.17, 15) is 0 Å². The predicted octanol–water partition coefficient (Wildman–Crippen LogP) is 2.92. The molecule has 0 aromatic heterocycles. The monoisotopic (exact) mass is 184 g/mol. The summed E-state index contributed by atoms with van der Waals surface area (Å²) in [6, 6.07) is 9.93. The van der Waals surface area contributed by atoms with E-state index in [4.69, 9.17) is 4.74 Å². The molecule has 1 rings (SSSR count). The van der Waals surface area contributed by atoms with Gasteiger partial charge < -0.3 is 4.74 Å². The largest absolute Gasteiger partial charge is 0.494 e. The smallest absolute Gasteiger partial charge is 0.119 e. The van der Waals surface area contributed by atoms with E-state index < -0.39 is 0 Å². The van der Waals surface area contributed by atoms with Crippen molar-refractivity contribution in [2.24, 2.45) is 0 Å². The van der Waals surface area contributed by atoms with E-state index in [0.717, 1.165) is 18.8 Å². The maximum absolute atomic E-state index is 5.45. The summed E-state index contributed by atoms with van der Waals surface area (Å²) in [5.74, 6) is 0.973. The molecule has 0 aliphatic heterocycles. The van der Waals surface area contributed by atoms with Crippen molar-refractivity contribution in [3.05, 3.63) is 30.3 Å². The summed E-state index contributed by atoms with van der Waals surface area (Å²) in [6.45, 7) is 2.99. The zero-order valence-corrected chi connectivity index (χ0v) is 9.04. The van der Waals surface area contributed by atoms with E-state index in [0.29, 0.717) is 0 Å². The third kappa shape index (κ3) is 4.35. The molecule has 2 heteroatoms. The summed E-state index contributed by atoms with van der Waals surface area (Å²) in [6.07, 6.45) is 2.32. The van der Waals surface area contributed by atoms with Crippen molar-refractivity contribution in [3.63, 3.8) is 0 Å². The molecular formula is C10H17OP. The number of para-hydroxylation sites is 1. The molecule has 0 amide bonds. The fourth-order valence-electron chi connectivity index (χ4n) is 0.851. The van der Waals surface area contributed by atoms with Crippen molar-refractivity contribution >= 4 is 9.90 Å². The first-order chi connectivity index (χ1) is 5.43. The number of ether oxygens (including phenoxy) is 1. The topological polar surface area (TPSA) is 9.23 Å². The van der Waals surface area contributed by atoms with Gasteiger partial charge in [-0.1, -0.05) is 31.5 Å². The van der Waals surface area contributed by atoms with Crippen molar-refractivity contribution in [1.82, 2.24) is 0 Å². The second kappa shape index (κ2) is 7.12. The van der Waals surface area contributed by atoms with Crippen molar-refractivity contribution in [3.8, 4) is 5.75 Å². The maximum atomic E-state index is 5.45. The molecule has 1 unspecified atom stereocenters. The van der Waals surface area contributed by atoms with Crippen LogP contribution in [0.1, 0.15) is 19.8 Å². The van der Waals surface area contributed by atoms with Crippen molar-refractivity contribution in [2.75, 3.05) is 6.61 Å². The van der Waals surface area contributed by atoms with Gasteiger partial charge in [0.1, 0.15) is 5.75 Å². The molecule has 0 N–H and O–H groups in total. The van der Waals surface area contributed by atoms with Gasteiger partial charge in [0.25, 0.3) is 0 Å². The average molecular weight is 184 g/mol. The molecule has 0 saturated heterocycles. The summed E-state index contributed by atoms with van der Waals surface area (Å²) >= 11 is 0. The Kier molecular flexibility index (Phi) is 6.79. The lowest BCUT2D eigenvalue weighted by atomic mass is 10.3. The van der Waals surface area contributed by atoms with Crippen LogP contribution >= 0.6 is 9.90 Å². The van der Waals surface area contributed by atoms with Crippen LogP contribution in [0.25, 0.3) is 0 Å². The molecule has 0 bridgehead atoms. The van der Waals surface area contributed by atoms with Gasteiger partial charge in [-0.3, -0.25) is 0 Å². The van der Waals surface area contributed by atoms with Crippen LogP contribution in [0.15, 0.2) is 30.3 Å². The third-order valence-corrected chi connectivity index (χ3v) is 1.51. The van der Waals surface area contributed by atoms with Crippen LogP contribution in [0.2, 0.25) is 0 Å². The third-order valence-electron chi connectivity index (χ3n) is 1.51. The van der Waals surface area contributed by atoms with Gasteiger partial charge >= 0.3 is 0 Å². The van der Waals surface area contributed by atoms with Gasteiger partial charge in [0.05, 0.1) is 6.61 Å². The second-order valence-corrected chi connectivity index (χ2v) is 2.52. The summed E-state index contributed by atoms with van der Waals surface area (Å²) in [7, 11) is 0. The fourth-order valence-corrected chi connectivity index (χ4v) is 0.851. The van der Waals surface area contributed by atoms with Crippen LogP contribution in [0.3, 0.4) is 0 Å². The molecule has 0 fully saturated rings. The predicted molar refractivity (Wildman–Crippen MR) is 58.0 cm³/mol. The first-order valence-electron chi connectivity index (χ1n) is 4.11. The summed E-state index contributed by atoms with van der Waals surface area (Å²) in [4.78, 5) is 0. The number of unbranched alkanes of at least 4 members (excludes halogenated alkanes) is 1. The minimum atomic E-state index is 0. The van der Waals surface area contributed by atoms with Crippen LogP contribution in [0, 0.1) is 0 Å². The van der Waals surface area contributed by atoms with Crippen LogP contribution in [0.4, 0.5) is 0 Å². The zero-order chi connectivity index (χ0) is 7.94. The van der Waals surface area contributed by atoms with Crippen molar-refractivity contribution in [2.45, 2.75) is 19.8 Å². The van der Waals surface area contributed by atoms with Gasteiger partial charge in [-0.2, -0.15) is 9.90 Å². The molecule has 68 valence electrons. The van der Waals surface area contributed by atoms with Gasteiger partial charge in [0.15, 0.2) is 0 Å². The van der Waals surface area contributed by atoms with E-state index >= 15 is 0 Å². The number of hydrogen-bond donors (Lipinski definition) is 0. The Morgan fingerprint density at radius 3 is 2.42 bits per heavy atom. The van der Waals surface area contributed by atoms with Crippen LogP contribution in [0.5, 0.6) is 5.75 Å². The Balaban J connectivity index is 0.00000121. The molecule has 0 aliphatic carbocycles. The van der Waals surface area contributed by atoms with Gasteiger partial charge in [0.2, 0.25) is 0 Å². The number of benzene rings is 1. The van der Waals surface area contributed by atoms with E-state index in [-0.39, 0.29) is 9.90 Å². The Morgan fingerprint density at radius 1 is 1.17 bits per heavy atom. The van der Waals surface area contributed by atoms with Crippen molar-refractivity contribution in [1.29, 1.82) is 0 Å². The van der Waals surface area contributed by atoms with Crippen LogP contribution in [-0.2, 0) is 0 Å². The highest BCUT2D eigenvalue weighted by molar-refractivity contribution is 6.92. The Labute approximate surface area is 77.8 Å².